The number of allylic oxidation sites excluding steroid dienone is 6. The van der Waals surface area contributed by atoms with Gasteiger partial charge in [0.15, 0.2) is 5.78 Å². The Morgan fingerprint density at radius 2 is 2.00 bits per heavy atom. The molecular formula is C19H24O. The van der Waals surface area contributed by atoms with Crippen molar-refractivity contribution in [3.8, 4) is 0 Å². The first kappa shape index (κ1) is 12.6. The molecule has 4 atom stereocenters. The molecule has 0 unspecified atom stereocenters. The van der Waals surface area contributed by atoms with Gasteiger partial charge in [0.1, 0.15) is 0 Å². The normalized spacial score (nSPS) is 43.0. The van der Waals surface area contributed by atoms with Crippen LogP contribution in [-0.2, 0) is 4.79 Å². The molecule has 0 heterocycles. The SMILES string of the molecule is C[C@@H]1CC[C@H]2[C@@H]3CCC4=CC(=O)CCC4=C3C=C[C@]12C. The summed E-state index contributed by atoms with van der Waals surface area (Å²) in [4.78, 5) is 11.6. The van der Waals surface area contributed by atoms with Crippen LogP contribution in [0.1, 0.15) is 52.4 Å². The van der Waals surface area contributed by atoms with Gasteiger partial charge in [-0.3, -0.25) is 4.79 Å². The van der Waals surface area contributed by atoms with E-state index in [0.29, 0.717) is 11.2 Å². The average Bonchev–Trinajstić information content (AvgIpc) is 2.74. The Hall–Kier alpha value is -1.11. The van der Waals surface area contributed by atoms with E-state index >= 15 is 0 Å². The molecule has 0 aromatic heterocycles. The molecule has 1 nitrogen and oxygen atoms in total. The van der Waals surface area contributed by atoms with Crippen LogP contribution in [0, 0.1) is 23.2 Å². The summed E-state index contributed by atoms with van der Waals surface area (Å²) in [6.07, 6.45) is 13.7. The predicted octanol–water partition coefficient (Wildman–Crippen LogP) is 4.60. The lowest BCUT2D eigenvalue weighted by Gasteiger charge is -2.45. The third-order valence-corrected chi connectivity index (χ3v) is 6.70. The number of hydrogen-bond acceptors (Lipinski definition) is 1. The van der Waals surface area contributed by atoms with E-state index in [1.807, 2.05) is 6.08 Å². The fourth-order valence-corrected chi connectivity index (χ4v) is 5.26. The van der Waals surface area contributed by atoms with Crippen molar-refractivity contribution in [3.05, 3.63) is 34.9 Å². The molecule has 0 aromatic rings. The van der Waals surface area contributed by atoms with E-state index in [1.165, 1.54) is 30.4 Å². The number of carbonyl (C=O) groups is 1. The van der Waals surface area contributed by atoms with Crippen molar-refractivity contribution in [3.63, 3.8) is 0 Å². The zero-order valence-corrected chi connectivity index (χ0v) is 12.6. The third kappa shape index (κ3) is 1.58. The lowest BCUT2D eigenvalue weighted by atomic mass is 9.59. The Bertz CT molecular complexity index is 562. The Balaban J connectivity index is 1.82. The fraction of sp³-hybridized carbons (Fsp3) is 0.632. The van der Waals surface area contributed by atoms with Crippen molar-refractivity contribution in [2.75, 3.05) is 0 Å². The Kier molecular flexibility index (Phi) is 2.64. The second-order valence-electron chi connectivity index (χ2n) is 7.50. The van der Waals surface area contributed by atoms with Gasteiger partial charge in [-0.15, -0.1) is 0 Å². The molecule has 0 saturated heterocycles. The van der Waals surface area contributed by atoms with Gasteiger partial charge in [-0.2, -0.15) is 0 Å². The van der Waals surface area contributed by atoms with E-state index in [0.717, 1.165) is 37.0 Å². The molecule has 0 amide bonds. The molecular weight excluding hydrogens is 244 g/mol. The van der Waals surface area contributed by atoms with E-state index in [2.05, 4.69) is 26.0 Å². The third-order valence-electron chi connectivity index (χ3n) is 6.70. The van der Waals surface area contributed by atoms with E-state index < -0.39 is 0 Å². The number of carbonyl (C=O) groups excluding carboxylic acids is 1. The molecule has 0 aliphatic heterocycles. The molecule has 0 radical (unpaired) electrons. The highest BCUT2D eigenvalue weighted by Crippen LogP contribution is 2.59. The van der Waals surface area contributed by atoms with E-state index in [-0.39, 0.29) is 0 Å². The molecule has 106 valence electrons. The molecule has 0 spiro atoms. The summed E-state index contributed by atoms with van der Waals surface area (Å²) in [6, 6.07) is 0. The van der Waals surface area contributed by atoms with Crippen LogP contribution in [0.3, 0.4) is 0 Å². The van der Waals surface area contributed by atoms with E-state index in [9.17, 15) is 4.79 Å². The summed E-state index contributed by atoms with van der Waals surface area (Å²) in [6.45, 7) is 4.90. The molecule has 4 aliphatic rings. The highest BCUT2D eigenvalue weighted by atomic mass is 16.1. The van der Waals surface area contributed by atoms with Gasteiger partial charge >= 0.3 is 0 Å². The first-order chi connectivity index (χ1) is 9.59. The number of hydrogen-bond donors (Lipinski definition) is 0. The largest absolute Gasteiger partial charge is 0.295 e. The highest BCUT2D eigenvalue weighted by molar-refractivity contribution is 5.93. The lowest BCUT2D eigenvalue weighted by molar-refractivity contribution is -0.114. The average molecular weight is 268 g/mol. The maximum Gasteiger partial charge on any atom is 0.156 e. The first-order valence-electron chi connectivity index (χ1n) is 8.25. The second kappa shape index (κ2) is 4.19. The van der Waals surface area contributed by atoms with Gasteiger partial charge in [-0.25, -0.2) is 0 Å². The van der Waals surface area contributed by atoms with Crippen LogP contribution >= 0.6 is 0 Å². The maximum atomic E-state index is 11.6. The van der Waals surface area contributed by atoms with Crippen LogP contribution in [0.25, 0.3) is 0 Å². The Morgan fingerprint density at radius 1 is 1.15 bits per heavy atom. The zero-order valence-electron chi connectivity index (χ0n) is 12.6. The predicted molar refractivity (Wildman–Crippen MR) is 81.2 cm³/mol. The first-order valence-corrected chi connectivity index (χ1v) is 8.25. The topological polar surface area (TPSA) is 17.1 Å². The van der Waals surface area contributed by atoms with Crippen molar-refractivity contribution >= 4 is 5.78 Å². The highest BCUT2D eigenvalue weighted by Gasteiger charge is 2.49. The molecule has 0 aromatic carbocycles. The van der Waals surface area contributed by atoms with Gasteiger partial charge in [0.25, 0.3) is 0 Å². The Labute approximate surface area is 121 Å². The molecule has 4 aliphatic carbocycles. The maximum absolute atomic E-state index is 11.6. The van der Waals surface area contributed by atoms with Gasteiger partial charge in [0, 0.05) is 6.42 Å². The summed E-state index contributed by atoms with van der Waals surface area (Å²) in [5.41, 5.74) is 4.89. The summed E-state index contributed by atoms with van der Waals surface area (Å²) in [5, 5.41) is 0. The minimum absolute atomic E-state index is 0.335. The second-order valence-corrected chi connectivity index (χ2v) is 7.50. The molecule has 20 heavy (non-hydrogen) atoms. The summed E-state index contributed by atoms with van der Waals surface area (Å²) < 4.78 is 0. The molecule has 0 N–H and O–H groups in total. The van der Waals surface area contributed by atoms with Gasteiger partial charge in [-0.1, -0.05) is 26.0 Å². The van der Waals surface area contributed by atoms with E-state index in [4.69, 9.17) is 0 Å². The summed E-state index contributed by atoms with van der Waals surface area (Å²) in [5.74, 6) is 2.75. The van der Waals surface area contributed by atoms with Gasteiger partial charge in [-0.05, 0) is 78.1 Å². The number of ketones is 1. The number of rotatable bonds is 0. The van der Waals surface area contributed by atoms with Gasteiger partial charge in [0.05, 0.1) is 0 Å². The van der Waals surface area contributed by atoms with Crippen molar-refractivity contribution in [2.24, 2.45) is 23.2 Å². The monoisotopic (exact) mass is 268 g/mol. The van der Waals surface area contributed by atoms with Crippen LogP contribution in [-0.4, -0.2) is 5.78 Å². The van der Waals surface area contributed by atoms with Gasteiger partial charge in [0.2, 0.25) is 0 Å². The standard InChI is InChI=1S/C19H24O/c1-12-3-8-18-17-6-4-13-11-14(20)5-7-15(13)16(17)9-10-19(12,18)2/h9-12,17-18H,3-8H2,1-2H3/t12-,17-,18+,19-/m1/s1. The van der Waals surface area contributed by atoms with Crippen LogP contribution < -0.4 is 0 Å². The fourth-order valence-electron chi connectivity index (χ4n) is 5.26. The molecule has 1 heteroatoms. The van der Waals surface area contributed by atoms with Crippen LogP contribution in [0.4, 0.5) is 0 Å². The van der Waals surface area contributed by atoms with Crippen LogP contribution in [0.2, 0.25) is 0 Å². The van der Waals surface area contributed by atoms with Gasteiger partial charge < -0.3 is 0 Å². The van der Waals surface area contributed by atoms with Crippen LogP contribution in [0.15, 0.2) is 34.9 Å². The molecule has 1 saturated carbocycles. The molecule has 0 bridgehead atoms. The van der Waals surface area contributed by atoms with E-state index in [1.54, 1.807) is 5.57 Å². The lowest BCUT2D eigenvalue weighted by Crippen LogP contribution is -2.36. The summed E-state index contributed by atoms with van der Waals surface area (Å²) >= 11 is 0. The molecule has 4 rings (SSSR count). The molecule has 1 fully saturated rings. The van der Waals surface area contributed by atoms with Crippen molar-refractivity contribution < 1.29 is 4.79 Å². The Morgan fingerprint density at radius 3 is 2.85 bits per heavy atom. The van der Waals surface area contributed by atoms with Crippen molar-refractivity contribution in [1.82, 2.24) is 0 Å². The summed E-state index contributed by atoms with van der Waals surface area (Å²) in [7, 11) is 0. The smallest absolute Gasteiger partial charge is 0.156 e. The zero-order chi connectivity index (χ0) is 13.9. The van der Waals surface area contributed by atoms with Crippen LogP contribution in [0.5, 0.6) is 0 Å². The minimum Gasteiger partial charge on any atom is -0.295 e. The van der Waals surface area contributed by atoms with Crippen molar-refractivity contribution in [2.45, 2.75) is 52.4 Å². The minimum atomic E-state index is 0.335. The van der Waals surface area contributed by atoms with Crippen molar-refractivity contribution in [1.29, 1.82) is 0 Å². The quantitative estimate of drug-likeness (QED) is 0.627. The number of fused-ring (bicyclic) bond motifs is 4.